The first-order valence-electron chi connectivity index (χ1n) is 14.0. The van der Waals surface area contributed by atoms with Crippen LogP contribution >= 0.6 is 0 Å². The number of nitrogens with one attached hydrogen (secondary N) is 2. The molecule has 4 rings (SSSR count). The largest absolute Gasteiger partial charge is 0.389 e. The third-order valence-electron chi connectivity index (χ3n) is 8.59. The number of nitrogens with zero attached hydrogens (tertiary/aromatic N) is 2. The summed E-state index contributed by atoms with van der Waals surface area (Å²) in [5, 5.41) is 5.67. The highest BCUT2D eigenvalue weighted by molar-refractivity contribution is 7.89. The Morgan fingerprint density at radius 3 is 2.45 bits per heavy atom. The number of hydrogen-bond donors (Lipinski definition) is 2. The van der Waals surface area contributed by atoms with Gasteiger partial charge in [-0.3, -0.25) is 14.6 Å². The van der Waals surface area contributed by atoms with Gasteiger partial charge in [0, 0.05) is 38.9 Å². The van der Waals surface area contributed by atoms with Gasteiger partial charge in [0.05, 0.1) is 5.75 Å². The van der Waals surface area contributed by atoms with E-state index in [0.29, 0.717) is 57.3 Å². The Morgan fingerprint density at radius 2 is 1.85 bits per heavy atom. The van der Waals surface area contributed by atoms with Gasteiger partial charge in [-0.2, -0.15) is 13.2 Å². The Morgan fingerprint density at radius 1 is 1.18 bits per heavy atom. The van der Waals surface area contributed by atoms with E-state index in [1.807, 2.05) is 25.1 Å². The van der Waals surface area contributed by atoms with Crippen LogP contribution in [-0.2, 0) is 32.6 Å². The summed E-state index contributed by atoms with van der Waals surface area (Å²) in [6.07, 6.45) is -0.990. The molecule has 2 N–H and O–H groups in total. The van der Waals surface area contributed by atoms with Gasteiger partial charge in [0.1, 0.15) is 11.4 Å². The molecule has 1 saturated carbocycles. The van der Waals surface area contributed by atoms with E-state index in [-0.39, 0.29) is 48.9 Å². The summed E-state index contributed by atoms with van der Waals surface area (Å²) >= 11 is 0. The Bertz CT molecular complexity index is 1230. The standard InChI is InChI=1S/C28H39F3N4O4S/c1-19-17-22(18-32-20(2)36)5-6-23(19)10-16-40(38,39)35-14-12-27(13-15-35)26(37)33-25(34-27)24-7-3-21(4-8-24)9-11-28(29,30)31/h5-6,17,21,24H,3-4,7-16,18H2,1-2H3,(H,32,36)(H,33,34,37). The molecule has 3 aliphatic rings. The number of rotatable bonds is 9. The SMILES string of the molecule is CC(=O)NCc1ccc(CCS(=O)(=O)N2CCC3(CC2)N=C(C2CCC(CCC(F)(F)F)CC2)NC3=O)c(C)c1. The molecule has 2 aliphatic heterocycles. The zero-order chi connectivity index (χ0) is 29.1. The topological polar surface area (TPSA) is 108 Å². The lowest BCUT2D eigenvalue weighted by Crippen LogP contribution is -2.51. The molecule has 0 radical (unpaired) electrons. The van der Waals surface area contributed by atoms with Crippen LogP contribution in [0.3, 0.4) is 0 Å². The smallest absolute Gasteiger partial charge is 0.352 e. The first-order chi connectivity index (χ1) is 18.8. The Hall–Kier alpha value is -2.47. The molecule has 1 aromatic carbocycles. The maximum Gasteiger partial charge on any atom is 0.389 e. The molecule has 0 unspecified atom stereocenters. The number of sulfonamides is 1. The minimum atomic E-state index is -4.13. The fourth-order valence-electron chi connectivity index (χ4n) is 6.04. The zero-order valence-corrected chi connectivity index (χ0v) is 24.0. The predicted octanol–water partition coefficient (Wildman–Crippen LogP) is 4.02. The average Bonchev–Trinajstić information content (AvgIpc) is 3.21. The van der Waals surface area contributed by atoms with Crippen molar-refractivity contribution in [3.8, 4) is 0 Å². The first-order valence-corrected chi connectivity index (χ1v) is 15.7. The number of aliphatic imine (C=N–C) groups is 1. The molecule has 2 amide bonds. The van der Waals surface area contributed by atoms with Crippen molar-refractivity contribution >= 4 is 27.7 Å². The quantitative estimate of drug-likeness (QED) is 0.457. The van der Waals surface area contributed by atoms with E-state index in [1.165, 1.54) is 11.2 Å². The number of carbonyl (C=O) groups is 2. The molecule has 1 saturated heterocycles. The number of alkyl halides is 3. The summed E-state index contributed by atoms with van der Waals surface area (Å²) in [6, 6.07) is 5.74. The highest BCUT2D eigenvalue weighted by Crippen LogP contribution is 2.38. The van der Waals surface area contributed by atoms with Gasteiger partial charge < -0.3 is 10.6 Å². The molecule has 1 spiro atoms. The van der Waals surface area contributed by atoms with Crippen molar-refractivity contribution in [1.82, 2.24) is 14.9 Å². The van der Waals surface area contributed by atoms with Crippen molar-refractivity contribution < 1.29 is 31.2 Å². The highest BCUT2D eigenvalue weighted by Gasteiger charge is 2.48. The first kappa shape index (κ1) is 30.5. The monoisotopic (exact) mass is 584 g/mol. The molecular weight excluding hydrogens is 545 g/mol. The molecule has 12 heteroatoms. The van der Waals surface area contributed by atoms with Crippen LogP contribution in [0.1, 0.15) is 75.0 Å². The fourth-order valence-corrected chi connectivity index (χ4v) is 7.52. The van der Waals surface area contributed by atoms with Gasteiger partial charge in [-0.1, -0.05) is 18.2 Å². The summed E-state index contributed by atoms with van der Waals surface area (Å²) < 4.78 is 65.4. The Labute approximate surface area is 234 Å². The van der Waals surface area contributed by atoms with Crippen LogP contribution in [-0.4, -0.2) is 60.9 Å². The van der Waals surface area contributed by atoms with Crippen LogP contribution in [0.2, 0.25) is 0 Å². The van der Waals surface area contributed by atoms with Crippen molar-refractivity contribution in [3.05, 3.63) is 34.9 Å². The summed E-state index contributed by atoms with van der Waals surface area (Å²) in [6.45, 7) is 4.23. The average molecular weight is 585 g/mol. The minimum Gasteiger partial charge on any atom is -0.352 e. The minimum absolute atomic E-state index is 0.0279. The van der Waals surface area contributed by atoms with Crippen LogP contribution in [0, 0.1) is 18.8 Å². The molecule has 222 valence electrons. The lowest BCUT2D eigenvalue weighted by atomic mass is 9.79. The van der Waals surface area contributed by atoms with E-state index in [4.69, 9.17) is 4.99 Å². The van der Waals surface area contributed by atoms with E-state index < -0.39 is 28.2 Å². The van der Waals surface area contributed by atoms with Crippen LogP contribution < -0.4 is 10.6 Å². The molecule has 40 heavy (non-hydrogen) atoms. The number of piperidine rings is 1. The molecule has 0 aromatic heterocycles. The van der Waals surface area contributed by atoms with Crippen LogP contribution in [0.15, 0.2) is 23.2 Å². The maximum atomic E-state index is 13.1. The third kappa shape index (κ3) is 7.63. The molecule has 0 bridgehead atoms. The summed E-state index contributed by atoms with van der Waals surface area (Å²) in [5.41, 5.74) is 1.88. The van der Waals surface area contributed by atoms with Gasteiger partial charge >= 0.3 is 6.18 Å². The molecular formula is C28H39F3N4O4S. The summed E-state index contributed by atoms with van der Waals surface area (Å²) in [5.74, 6) is 0.341. The Balaban J connectivity index is 1.29. The van der Waals surface area contributed by atoms with Gasteiger partial charge in [0.25, 0.3) is 5.91 Å². The normalized spacial score (nSPS) is 23.6. The number of halogens is 3. The van der Waals surface area contributed by atoms with Gasteiger partial charge in [-0.25, -0.2) is 12.7 Å². The van der Waals surface area contributed by atoms with Crippen molar-refractivity contribution in [3.63, 3.8) is 0 Å². The van der Waals surface area contributed by atoms with Gasteiger partial charge in [0.15, 0.2) is 0 Å². The number of amidine groups is 1. The third-order valence-corrected chi connectivity index (χ3v) is 10.5. The van der Waals surface area contributed by atoms with Crippen LogP contribution in [0.4, 0.5) is 13.2 Å². The molecule has 8 nitrogen and oxygen atoms in total. The van der Waals surface area contributed by atoms with Crippen molar-refractivity contribution in [1.29, 1.82) is 0 Å². The van der Waals surface area contributed by atoms with Crippen molar-refractivity contribution in [2.45, 2.75) is 89.9 Å². The highest BCUT2D eigenvalue weighted by atomic mass is 32.2. The second-order valence-corrected chi connectivity index (χ2v) is 13.6. The lowest BCUT2D eigenvalue weighted by Gasteiger charge is -2.34. The summed E-state index contributed by atoms with van der Waals surface area (Å²) in [7, 11) is -3.53. The second kappa shape index (κ2) is 12.2. The molecule has 2 heterocycles. The van der Waals surface area contributed by atoms with Crippen molar-refractivity contribution in [2.24, 2.45) is 16.8 Å². The van der Waals surface area contributed by atoms with E-state index in [2.05, 4.69) is 10.6 Å². The van der Waals surface area contributed by atoms with Gasteiger partial charge in [0.2, 0.25) is 15.9 Å². The van der Waals surface area contributed by atoms with E-state index in [0.717, 1.165) is 16.7 Å². The molecule has 2 fully saturated rings. The zero-order valence-electron chi connectivity index (χ0n) is 23.1. The van der Waals surface area contributed by atoms with Gasteiger partial charge in [-0.15, -0.1) is 0 Å². The predicted molar refractivity (Wildman–Crippen MR) is 146 cm³/mol. The molecule has 0 atom stereocenters. The second-order valence-electron chi connectivity index (χ2n) is 11.5. The van der Waals surface area contributed by atoms with E-state index >= 15 is 0 Å². The van der Waals surface area contributed by atoms with Crippen LogP contribution in [0.5, 0.6) is 0 Å². The van der Waals surface area contributed by atoms with Gasteiger partial charge in [-0.05, 0) is 80.9 Å². The Kier molecular flexibility index (Phi) is 9.28. The number of aryl methyl sites for hydroxylation is 2. The molecule has 1 aromatic rings. The number of benzene rings is 1. The van der Waals surface area contributed by atoms with E-state index in [9.17, 15) is 31.2 Å². The maximum absolute atomic E-state index is 13.1. The van der Waals surface area contributed by atoms with Crippen molar-refractivity contribution in [2.75, 3.05) is 18.8 Å². The fraction of sp³-hybridized carbons (Fsp3) is 0.679. The van der Waals surface area contributed by atoms with E-state index in [1.54, 1.807) is 0 Å². The molecule has 1 aliphatic carbocycles. The van der Waals surface area contributed by atoms with Crippen LogP contribution in [0.25, 0.3) is 0 Å². The number of amides is 2. The lowest BCUT2D eigenvalue weighted by molar-refractivity contribution is -0.138. The summed E-state index contributed by atoms with van der Waals surface area (Å²) in [4.78, 5) is 28.9. The number of carbonyl (C=O) groups excluding carboxylic acids is 2. The number of hydrogen-bond acceptors (Lipinski definition) is 5.